The van der Waals surface area contributed by atoms with Crippen molar-refractivity contribution in [1.29, 1.82) is 0 Å². The fourth-order valence-electron chi connectivity index (χ4n) is 2.34. The molecule has 2 rings (SSSR count). The summed E-state index contributed by atoms with van der Waals surface area (Å²) in [6.45, 7) is 0. The lowest BCUT2D eigenvalue weighted by atomic mass is 9.93. The number of aromatic hydroxyl groups is 1. The predicted molar refractivity (Wildman–Crippen MR) is 75.3 cm³/mol. The maximum Gasteiger partial charge on any atom is 0.312 e. The number of hydrogen-bond acceptors (Lipinski definition) is 6. The van der Waals surface area contributed by atoms with E-state index in [4.69, 9.17) is 5.73 Å². The van der Waals surface area contributed by atoms with Gasteiger partial charge in [0.05, 0.1) is 9.82 Å². The molecule has 21 heavy (non-hydrogen) atoms. The number of phenolic OH excluding ortho intramolecular Hbond substituents is 1. The van der Waals surface area contributed by atoms with E-state index in [1.165, 1.54) is 0 Å². The van der Waals surface area contributed by atoms with Crippen LogP contribution >= 0.6 is 0 Å². The van der Waals surface area contributed by atoms with Crippen LogP contribution in [-0.2, 0) is 10.0 Å². The Morgan fingerprint density at radius 1 is 1.29 bits per heavy atom. The molecule has 0 aliphatic heterocycles. The number of phenols is 1. The fraction of sp³-hybridized carbons (Fsp3) is 0.500. The third-order valence-corrected chi connectivity index (χ3v) is 5.07. The summed E-state index contributed by atoms with van der Waals surface area (Å²) in [6, 6.07) is 2.87. The van der Waals surface area contributed by atoms with E-state index < -0.39 is 26.4 Å². The molecule has 0 saturated heterocycles. The molecule has 0 aromatic heterocycles. The van der Waals surface area contributed by atoms with Crippen molar-refractivity contribution < 1.29 is 18.4 Å². The van der Waals surface area contributed by atoms with E-state index in [2.05, 4.69) is 4.72 Å². The topological polar surface area (TPSA) is 136 Å². The standard InChI is InChI=1S/C12H17N3O5S/c13-8-1-3-9(4-2-8)14-21(19,20)10-5-6-12(16)11(7-10)15(17)18/h5-9,14,16H,1-4,13H2. The number of nitrogens with zero attached hydrogens (tertiary/aromatic N) is 1. The molecule has 1 aliphatic carbocycles. The van der Waals surface area contributed by atoms with Crippen molar-refractivity contribution in [2.45, 2.75) is 42.7 Å². The number of sulfonamides is 1. The summed E-state index contributed by atoms with van der Waals surface area (Å²) in [7, 11) is -3.86. The number of benzene rings is 1. The summed E-state index contributed by atoms with van der Waals surface area (Å²) in [5, 5.41) is 20.1. The van der Waals surface area contributed by atoms with Gasteiger partial charge >= 0.3 is 5.69 Å². The fourth-order valence-corrected chi connectivity index (χ4v) is 3.67. The first kappa shape index (κ1) is 15.7. The summed E-state index contributed by atoms with van der Waals surface area (Å²) in [4.78, 5) is 9.68. The van der Waals surface area contributed by atoms with Crippen LogP contribution in [0.25, 0.3) is 0 Å². The molecule has 0 amide bonds. The van der Waals surface area contributed by atoms with Crippen molar-refractivity contribution in [3.63, 3.8) is 0 Å². The molecule has 0 unspecified atom stereocenters. The third-order valence-electron chi connectivity index (χ3n) is 3.55. The highest BCUT2D eigenvalue weighted by Crippen LogP contribution is 2.28. The molecule has 1 fully saturated rings. The Balaban J connectivity index is 2.20. The summed E-state index contributed by atoms with van der Waals surface area (Å²) >= 11 is 0. The zero-order valence-corrected chi connectivity index (χ0v) is 12.0. The molecule has 1 saturated carbocycles. The molecular weight excluding hydrogens is 298 g/mol. The molecule has 9 heteroatoms. The van der Waals surface area contributed by atoms with Crippen molar-refractivity contribution in [3.05, 3.63) is 28.3 Å². The van der Waals surface area contributed by atoms with E-state index in [1.807, 2.05) is 0 Å². The van der Waals surface area contributed by atoms with Crippen molar-refractivity contribution in [1.82, 2.24) is 4.72 Å². The Hall–Kier alpha value is -1.71. The normalized spacial score (nSPS) is 22.9. The van der Waals surface area contributed by atoms with Gasteiger partial charge in [0, 0.05) is 18.2 Å². The van der Waals surface area contributed by atoms with E-state index >= 15 is 0 Å². The van der Waals surface area contributed by atoms with Crippen LogP contribution in [0, 0.1) is 10.1 Å². The van der Waals surface area contributed by atoms with Gasteiger partial charge in [-0.2, -0.15) is 0 Å². The van der Waals surface area contributed by atoms with E-state index in [1.54, 1.807) is 0 Å². The molecule has 8 nitrogen and oxygen atoms in total. The van der Waals surface area contributed by atoms with Crippen molar-refractivity contribution in [3.8, 4) is 5.75 Å². The maximum atomic E-state index is 12.2. The highest BCUT2D eigenvalue weighted by atomic mass is 32.2. The summed E-state index contributed by atoms with van der Waals surface area (Å²) in [5.74, 6) is -0.567. The van der Waals surface area contributed by atoms with Gasteiger partial charge in [-0.1, -0.05) is 0 Å². The van der Waals surface area contributed by atoms with Gasteiger partial charge < -0.3 is 10.8 Å². The lowest BCUT2D eigenvalue weighted by Crippen LogP contribution is -2.40. The van der Waals surface area contributed by atoms with Crippen LogP contribution in [0.4, 0.5) is 5.69 Å². The quantitative estimate of drug-likeness (QED) is 0.556. The number of nitro benzene ring substituents is 1. The molecule has 1 aliphatic rings. The number of nitrogens with two attached hydrogens (primary N) is 1. The molecule has 0 bridgehead atoms. The van der Waals surface area contributed by atoms with Gasteiger partial charge in [0.2, 0.25) is 10.0 Å². The average molecular weight is 315 g/mol. The Labute approximate surface area is 122 Å². The molecule has 1 aromatic carbocycles. The lowest BCUT2D eigenvalue weighted by molar-refractivity contribution is -0.386. The summed E-state index contributed by atoms with van der Waals surface area (Å²) in [5.41, 5.74) is 5.13. The van der Waals surface area contributed by atoms with E-state index in [0.717, 1.165) is 31.0 Å². The van der Waals surface area contributed by atoms with E-state index in [9.17, 15) is 23.6 Å². The van der Waals surface area contributed by atoms with Gasteiger partial charge in [-0.15, -0.1) is 0 Å². The van der Waals surface area contributed by atoms with Crippen LogP contribution in [-0.4, -0.2) is 30.5 Å². The van der Waals surface area contributed by atoms with Crippen molar-refractivity contribution >= 4 is 15.7 Å². The van der Waals surface area contributed by atoms with Crippen LogP contribution in [0.15, 0.2) is 23.1 Å². The molecule has 0 spiro atoms. The number of rotatable bonds is 4. The monoisotopic (exact) mass is 315 g/mol. The molecule has 1 aromatic rings. The largest absolute Gasteiger partial charge is 0.502 e. The molecule has 4 N–H and O–H groups in total. The Bertz CT molecular complexity index is 638. The zero-order valence-electron chi connectivity index (χ0n) is 11.2. The van der Waals surface area contributed by atoms with Crippen molar-refractivity contribution in [2.75, 3.05) is 0 Å². The zero-order chi connectivity index (χ0) is 15.6. The second-order valence-electron chi connectivity index (χ2n) is 5.14. The Morgan fingerprint density at radius 2 is 1.90 bits per heavy atom. The molecule has 0 atom stereocenters. The highest BCUT2D eigenvalue weighted by molar-refractivity contribution is 7.89. The highest BCUT2D eigenvalue weighted by Gasteiger charge is 2.26. The number of hydrogen-bond donors (Lipinski definition) is 3. The smallest absolute Gasteiger partial charge is 0.312 e. The average Bonchev–Trinajstić information content (AvgIpc) is 2.41. The molecular formula is C12H17N3O5S. The van der Waals surface area contributed by atoms with Crippen LogP contribution in [0.3, 0.4) is 0 Å². The minimum atomic E-state index is -3.86. The van der Waals surface area contributed by atoms with Crippen LogP contribution < -0.4 is 10.5 Å². The van der Waals surface area contributed by atoms with E-state index in [0.29, 0.717) is 12.8 Å². The van der Waals surface area contributed by atoms with Crippen LogP contribution in [0.5, 0.6) is 5.75 Å². The maximum absolute atomic E-state index is 12.2. The first-order valence-corrected chi connectivity index (χ1v) is 8.03. The summed E-state index contributed by atoms with van der Waals surface area (Å²) < 4.78 is 27.0. The van der Waals surface area contributed by atoms with Gasteiger partial charge in [0.25, 0.3) is 0 Å². The SMILES string of the molecule is NC1CCC(NS(=O)(=O)c2ccc(O)c([N+](=O)[O-])c2)CC1. The van der Waals surface area contributed by atoms with Crippen LogP contribution in [0.2, 0.25) is 0 Å². The van der Waals surface area contributed by atoms with Gasteiger partial charge in [-0.25, -0.2) is 13.1 Å². The first-order chi connectivity index (χ1) is 9.79. The van der Waals surface area contributed by atoms with Gasteiger partial charge in [0.1, 0.15) is 0 Å². The lowest BCUT2D eigenvalue weighted by Gasteiger charge is -2.26. The first-order valence-electron chi connectivity index (χ1n) is 6.55. The molecule has 116 valence electrons. The molecule has 0 radical (unpaired) electrons. The molecule has 0 heterocycles. The number of nitrogens with one attached hydrogen (secondary N) is 1. The van der Waals surface area contributed by atoms with Gasteiger partial charge in [-0.3, -0.25) is 10.1 Å². The van der Waals surface area contributed by atoms with E-state index in [-0.39, 0.29) is 17.0 Å². The van der Waals surface area contributed by atoms with Crippen molar-refractivity contribution in [2.24, 2.45) is 5.73 Å². The second-order valence-corrected chi connectivity index (χ2v) is 6.85. The van der Waals surface area contributed by atoms with Gasteiger partial charge in [0.15, 0.2) is 5.75 Å². The van der Waals surface area contributed by atoms with Gasteiger partial charge in [-0.05, 0) is 37.8 Å². The Kier molecular flexibility index (Phi) is 4.45. The summed E-state index contributed by atoms with van der Waals surface area (Å²) in [6.07, 6.45) is 2.76. The third kappa shape index (κ3) is 3.69. The Morgan fingerprint density at radius 3 is 2.48 bits per heavy atom. The predicted octanol–water partition coefficient (Wildman–Crippen LogP) is 0.849. The van der Waals surface area contributed by atoms with Crippen LogP contribution in [0.1, 0.15) is 25.7 Å². The minimum absolute atomic E-state index is 0.0977. The number of nitro groups is 1. The second kappa shape index (κ2) is 5.96. The minimum Gasteiger partial charge on any atom is -0.502 e.